The fourth-order valence-corrected chi connectivity index (χ4v) is 2.98. The zero-order valence-electron chi connectivity index (χ0n) is 16.2. The van der Waals surface area contributed by atoms with Gasteiger partial charge in [-0.15, -0.1) is 0 Å². The molecule has 27 heavy (non-hydrogen) atoms. The molecule has 0 spiro atoms. The first-order chi connectivity index (χ1) is 13.2. The molecule has 0 aliphatic heterocycles. The average molecular weight is 365 g/mol. The Kier molecular flexibility index (Phi) is 6.30. The maximum atomic E-state index is 5.58. The van der Waals surface area contributed by atoms with E-state index in [1.807, 2.05) is 36.9 Å². The topological polar surface area (TPSA) is 67.4 Å². The lowest BCUT2D eigenvalue weighted by atomic mass is 10.1. The second-order valence-corrected chi connectivity index (χ2v) is 6.46. The fraction of sp³-hybridized carbons (Fsp3) is 0.333. The van der Waals surface area contributed by atoms with Crippen LogP contribution in [0.4, 0.5) is 0 Å². The Morgan fingerprint density at radius 1 is 1.11 bits per heavy atom. The second kappa shape index (κ2) is 9.07. The minimum atomic E-state index is 0.591. The van der Waals surface area contributed by atoms with Crippen LogP contribution in [0.2, 0.25) is 0 Å². The normalized spacial score (nSPS) is 11.6. The molecule has 1 aromatic carbocycles. The van der Waals surface area contributed by atoms with Gasteiger partial charge in [-0.1, -0.05) is 24.3 Å². The Bertz CT molecular complexity index is 880. The summed E-state index contributed by atoms with van der Waals surface area (Å²) in [6.45, 7) is 8.86. The number of furan rings is 1. The number of aryl methyl sites for hydroxylation is 2. The van der Waals surface area contributed by atoms with Crippen LogP contribution in [0.15, 0.2) is 58.2 Å². The van der Waals surface area contributed by atoms with Crippen LogP contribution in [0.25, 0.3) is 0 Å². The van der Waals surface area contributed by atoms with E-state index in [4.69, 9.17) is 9.41 Å². The van der Waals surface area contributed by atoms with Crippen molar-refractivity contribution in [2.75, 3.05) is 6.54 Å². The van der Waals surface area contributed by atoms with E-state index in [1.165, 1.54) is 11.1 Å². The van der Waals surface area contributed by atoms with Crippen molar-refractivity contribution >= 4 is 5.96 Å². The van der Waals surface area contributed by atoms with Crippen molar-refractivity contribution in [3.63, 3.8) is 0 Å². The van der Waals surface area contributed by atoms with Crippen LogP contribution in [-0.4, -0.2) is 22.3 Å². The van der Waals surface area contributed by atoms with Crippen molar-refractivity contribution in [2.45, 2.75) is 40.4 Å². The van der Waals surface area contributed by atoms with Gasteiger partial charge in [-0.3, -0.25) is 4.68 Å². The van der Waals surface area contributed by atoms with E-state index < -0.39 is 0 Å². The monoisotopic (exact) mass is 365 g/mol. The highest BCUT2D eigenvalue weighted by Gasteiger charge is 2.07. The van der Waals surface area contributed by atoms with Gasteiger partial charge in [0.2, 0.25) is 0 Å². The summed E-state index contributed by atoms with van der Waals surface area (Å²) in [5.74, 6) is 2.64. The van der Waals surface area contributed by atoms with Gasteiger partial charge in [0.15, 0.2) is 5.96 Å². The highest BCUT2D eigenvalue weighted by molar-refractivity contribution is 5.79. The van der Waals surface area contributed by atoms with Crippen molar-refractivity contribution in [3.05, 3.63) is 77.0 Å². The van der Waals surface area contributed by atoms with Crippen molar-refractivity contribution in [1.29, 1.82) is 0 Å². The van der Waals surface area contributed by atoms with Gasteiger partial charge in [0.25, 0.3) is 0 Å². The molecule has 0 saturated carbocycles. The van der Waals surface area contributed by atoms with Crippen LogP contribution in [0.3, 0.4) is 0 Å². The predicted octanol–water partition coefficient (Wildman–Crippen LogP) is 3.40. The minimum absolute atomic E-state index is 0.591. The maximum Gasteiger partial charge on any atom is 0.191 e. The van der Waals surface area contributed by atoms with E-state index in [2.05, 4.69) is 46.9 Å². The molecule has 0 amide bonds. The van der Waals surface area contributed by atoms with Crippen LogP contribution in [0, 0.1) is 13.8 Å². The predicted molar refractivity (Wildman–Crippen MR) is 108 cm³/mol. The van der Waals surface area contributed by atoms with E-state index in [1.54, 1.807) is 6.20 Å². The number of rotatable bonds is 7. The largest absolute Gasteiger partial charge is 0.466 e. The first-order valence-corrected chi connectivity index (χ1v) is 9.28. The van der Waals surface area contributed by atoms with Crippen molar-refractivity contribution in [3.8, 4) is 0 Å². The lowest BCUT2D eigenvalue weighted by Gasteiger charge is -2.14. The quantitative estimate of drug-likeness (QED) is 0.497. The van der Waals surface area contributed by atoms with Gasteiger partial charge in [0.05, 0.1) is 13.1 Å². The number of benzene rings is 1. The van der Waals surface area contributed by atoms with Gasteiger partial charge in [-0.2, -0.15) is 5.10 Å². The van der Waals surface area contributed by atoms with Crippen LogP contribution >= 0.6 is 0 Å². The van der Waals surface area contributed by atoms with Crippen molar-refractivity contribution < 1.29 is 4.42 Å². The maximum absolute atomic E-state index is 5.58. The molecule has 0 aliphatic rings. The molecule has 0 atom stereocenters. The van der Waals surface area contributed by atoms with E-state index in [0.29, 0.717) is 13.1 Å². The molecule has 0 fully saturated rings. The van der Waals surface area contributed by atoms with Crippen LogP contribution in [0.1, 0.15) is 35.1 Å². The number of aromatic nitrogens is 2. The lowest BCUT2D eigenvalue weighted by molar-refractivity contribution is 0.501. The summed E-state index contributed by atoms with van der Waals surface area (Å²) < 4.78 is 7.52. The fourth-order valence-electron chi connectivity index (χ4n) is 2.98. The molecule has 0 bridgehead atoms. The Hall–Kier alpha value is -3.02. The van der Waals surface area contributed by atoms with Gasteiger partial charge < -0.3 is 15.1 Å². The highest BCUT2D eigenvalue weighted by Crippen LogP contribution is 2.14. The summed E-state index contributed by atoms with van der Waals surface area (Å²) in [4.78, 5) is 4.70. The summed E-state index contributed by atoms with van der Waals surface area (Å²) in [5.41, 5.74) is 3.59. The Morgan fingerprint density at radius 3 is 2.59 bits per heavy atom. The zero-order chi connectivity index (χ0) is 19.1. The van der Waals surface area contributed by atoms with Crippen molar-refractivity contribution in [2.24, 2.45) is 4.99 Å². The minimum Gasteiger partial charge on any atom is -0.466 e. The highest BCUT2D eigenvalue weighted by atomic mass is 16.3. The molecule has 3 aromatic rings. The first-order valence-electron chi connectivity index (χ1n) is 9.28. The molecule has 2 N–H and O–H groups in total. The van der Waals surface area contributed by atoms with E-state index in [-0.39, 0.29) is 0 Å². The molecule has 6 heteroatoms. The lowest BCUT2D eigenvalue weighted by Crippen LogP contribution is -2.37. The van der Waals surface area contributed by atoms with E-state index >= 15 is 0 Å². The number of nitrogens with one attached hydrogen (secondary N) is 2. The van der Waals surface area contributed by atoms with Crippen molar-refractivity contribution in [1.82, 2.24) is 20.4 Å². The van der Waals surface area contributed by atoms with Gasteiger partial charge in [-0.25, -0.2) is 4.99 Å². The summed E-state index contributed by atoms with van der Waals surface area (Å²) in [5, 5.41) is 11.0. The average Bonchev–Trinajstić information content (AvgIpc) is 3.27. The third-order valence-corrected chi connectivity index (χ3v) is 4.35. The SMILES string of the molecule is CCNC(=NCc1cc(C)oc1C)NCc1ccccc1Cn1cccn1. The van der Waals surface area contributed by atoms with Gasteiger partial charge in [0, 0.05) is 31.0 Å². The summed E-state index contributed by atoms with van der Waals surface area (Å²) in [6, 6.07) is 12.4. The molecular weight excluding hydrogens is 338 g/mol. The summed E-state index contributed by atoms with van der Waals surface area (Å²) >= 11 is 0. The molecule has 3 rings (SSSR count). The summed E-state index contributed by atoms with van der Waals surface area (Å²) in [6.07, 6.45) is 3.78. The molecule has 6 nitrogen and oxygen atoms in total. The van der Waals surface area contributed by atoms with Gasteiger partial charge in [0.1, 0.15) is 11.5 Å². The van der Waals surface area contributed by atoms with Crippen LogP contribution in [-0.2, 0) is 19.6 Å². The standard InChI is InChI=1S/C21H27N5O/c1-4-22-21(24-14-20-12-16(2)27-17(20)3)23-13-18-8-5-6-9-19(18)15-26-11-7-10-25-26/h5-12H,4,13-15H2,1-3H3,(H2,22,23,24). The molecule has 0 radical (unpaired) electrons. The number of guanidine groups is 1. The van der Waals surface area contributed by atoms with Crippen LogP contribution < -0.4 is 10.6 Å². The molecule has 2 aromatic heterocycles. The Balaban J connectivity index is 1.67. The third kappa shape index (κ3) is 5.23. The Labute approximate surface area is 160 Å². The summed E-state index contributed by atoms with van der Waals surface area (Å²) in [7, 11) is 0. The molecular formula is C21H27N5O. The molecule has 0 saturated heterocycles. The molecule has 142 valence electrons. The van der Waals surface area contributed by atoms with Crippen LogP contribution in [0.5, 0.6) is 0 Å². The van der Waals surface area contributed by atoms with E-state index in [0.717, 1.165) is 36.1 Å². The number of hydrogen-bond acceptors (Lipinski definition) is 3. The first kappa shape index (κ1) is 18.8. The van der Waals surface area contributed by atoms with Gasteiger partial charge >= 0.3 is 0 Å². The molecule has 0 aliphatic carbocycles. The van der Waals surface area contributed by atoms with E-state index in [9.17, 15) is 0 Å². The molecule has 0 unspecified atom stereocenters. The number of aliphatic imine (C=N–C) groups is 1. The Morgan fingerprint density at radius 2 is 1.93 bits per heavy atom. The van der Waals surface area contributed by atoms with Gasteiger partial charge in [-0.05, 0) is 44.0 Å². The zero-order valence-corrected chi connectivity index (χ0v) is 16.2. The number of nitrogens with zero attached hydrogens (tertiary/aromatic N) is 3. The third-order valence-electron chi connectivity index (χ3n) is 4.35. The molecule has 2 heterocycles. The second-order valence-electron chi connectivity index (χ2n) is 6.46. The number of hydrogen-bond donors (Lipinski definition) is 2. The smallest absolute Gasteiger partial charge is 0.191 e.